The first kappa shape index (κ1) is 15.1. The molecule has 0 atom stereocenters. The van der Waals surface area contributed by atoms with Crippen LogP contribution in [0.15, 0.2) is 77.6 Å². The molecule has 1 aromatic heterocycles. The van der Waals surface area contributed by atoms with Crippen LogP contribution in [-0.2, 0) is 0 Å². The predicted molar refractivity (Wildman–Crippen MR) is 94.3 cm³/mol. The zero-order valence-electron chi connectivity index (χ0n) is 13.1. The van der Waals surface area contributed by atoms with Crippen molar-refractivity contribution in [2.45, 2.75) is 0 Å². The molecule has 4 aromatic rings. The third kappa shape index (κ3) is 2.99. The largest absolute Gasteiger partial charge is 0.456 e. The van der Waals surface area contributed by atoms with Crippen LogP contribution in [0.3, 0.4) is 0 Å². The van der Waals surface area contributed by atoms with E-state index in [0.29, 0.717) is 28.0 Å². The molecule has 0 spiro atoms. The Morgan fingerprint density at radius 2 is 1.68 bits per heavy atom. The lowest BCUT2D eigenvalue weighted by Crippen LogP contribution is -2.09. The van der Waals surface area contributed by atoms with Crippen molar-refractivity contribution in [1.82, 2.24) is 9.97 Å². The van der Waals surface area contributed by atoms with E-state index >= 15 is 0 Å². The molecule has 3 aromatic carbocycles. The number of para-hydroxylation sites is 2. The predicted octanol–water partition coefficient (Wildman–Crippen LogP) is 4.52. The van der Waals surface area contributed by atoms with E-state index in [9.17, 15) is 9.18 Å². The second-order valence-corrected chi connectivity index (χ2v) is 5.49. The van der Waals surface area contributed by atoms with Gasteiger partial charge < -0.3 is 9.72 Å². The number of nitrogens with zero attached hydrogens (tertiary/aromatic N) is 1. The van der Waals surface area contributed by atoms with Crippen molar-refractivity contribution in [3.05, 3.63) is 89.0 Å². The number of rotatable bonds is 3. The summed E-state index contributed by atoms with van der Waals surface area (Å²) in [5.41, 5.74) is 0.819. The number of aromatic nitrogens is 2. The van der Waals surface area contributed by atoms with Crippen LogP contribution in [0.5, 0.6) is 11.5 Å². The lowest BCUT2D eigenvalue weighted by atomic mass is 10.1. The Morgan fingerprint density at radius 3 is 2.52 bits per heavy atom. The average Bonchev–Trinajstić information content (AvgIpc) is 2.63. The molecule has 0 saturated carbocycles. The summed E-state index contributed by atoms with van der Waals surface area (Å²) < 4.78 is 19.5. The summed E-state index contributed by atoms with van der Waals surface area (Å²) in [6, 6.07) is 20.2. The molecule has 0 saturated heterocycles. The highest BCUT2D eigenvalue weighted by Gasteiger charge is 2.13. The zero-order chi connectivity index (χ0) is 17.2. The highest BCUT2D eigenvalue weighted by atomic mass is 19.1. The number of benzene rings is 3. The van der Waals surface area contributed by atoms with Crippen molar-refractivity contribution in [3.63, 3.8) is 0 Å². The number of aromatic amines is 1. The molecule has 0 amide bonds. The van der Waals surface area contributed by atoms with Gasteiger partial charge in [-0.15, -0.1) is 0 Å². The van der Waals surface area contributed by atoms with E-state index in [0.717, 1.165) is 0 Å². The number of hydrogen-bond donors (Lipinski definition) is 1. The van der Waals surface area contributed by atoms with Gasteiger partial charge in [-0.1, -0.05) is 30.3 Å². The summed E-state index contributed by atoms with van der Waals surface area (Å²) >= 11 is 0. The smallest absolute Gasteiger partial charge is 0.259 e. The lowest BCUT2D eigenvalue weighted by Gasteiger charge is -2.11. The third-order valence-electron chi connectivity index (χ3n) is 3.78. The summed E-state index contributed by atoms with van der Waals surface area (Å²) in [7, 11) is 0. The normalized spacial score (nSPS) is 10.8. The van der Waals surface area contributed by atoms with Crippen LogP contribution in [0.25, 0.3) is 22.3 Å². The molecule has 0 aliphatic rings. The van der Waals surface area contributed by atoms with E-state index in [-0.39, 0.29) is 11.3 Å². The van der Waals surface area contributed by atoms with Crippen LogP contribution in [0.1, 0.15) is 0 Å². The van der Waals surface area contributed by atoms with Crippen molar-refractivity contribution >= 4 is 10.9 Å². The first-order valence-electron chi connectivity index (χ1n) is 7.72. The summed E-state index contributed by atoms with van der Waals surface area (Å²) in [6.45, 7) is 0. The highest BCUT2D eigenvalue weighted by Crippen LogP contribution is 2.32. The van der Waals surface area contributed by atoms with Gasteiger partial charge in [0.15, 0.2) is 0 Å². The summed E-state index contributed by atoms with van der Waals surface area (Å²) in [4.78, 5) is 19.5. The molecule has 0 fully saturated rings. The molecule has 1 N–H and O–H groups in total. The maximum Gasteiger partial charge on any atom is 0.259 e. The molecule has 1 heterocycles. The maximum absolute atomic E-state index is 13.7. The van der Waals surface area contributed by atoms with Gasteiger partial charge in [-0.25, -0.2) is 9.37 Å². The van der Waals surface area contributed by atoms with Crippen molar-refractivity contribution in [3.8, 4) is 22.9 Å². The fraction of sp³-hybridized carbons (Fsp3) is 0. The number of ether oxygens (including phenoxy) is 1. The van der Waals surface area contributed by atoms with E-state index < -0.39 is 5.82 Å². The Hall–Kier alpha value is -3.47. The Bertz CT molecular complexity index is 1110. The van der Waals surface area contributed by atoms with Gasteiger partial charge in [0.1, 0.15) is 23.1 Å². The molecular formula is C20H13FN2O2. The quantitative estimate of drug-likeness (QED) is 0.600. The Kier molecular flexibility index (Phi) is 3.74. The summed E-state index contributed by atoms with van der Waals surface area (Å²) in [6.07, 6.45) is 0. The lowest BCUT2D eigenvalue weighted by molar-refractivity contribution is 0.478. The fourth-order valence-corrected chi connectivity index (χ4v) is 2.61. The molecule has 122 valence electrons. The maximum atomic E-state index is 13.7. The molecule has 0 aliphatic heterocycles. The van der Waals surface area contributed by atoms with E-state index in [1.807, 2.05) is 24.3 Å². The van der Waals surface area contributed by atoms with Crippen LogP contribution in [0, 0.1) is 5.82 Å². The molecule has 4 nitrogen and oxygen atoms in total. The SMILES string of the molecule is O=c1[nH]c(-c2ccc(F)cc2Oc2ccccc2)nc2ccccc12. The Morgan fingerprint density at radius 1 is 0.920 bits per heavy atom. The number of hydrogen-bond acceptors (Lipinski definition) is 3. The van der Waals surface area contributed by atoms with Crippen LogP contribution < -0.4 is 10.3 Å². The fourth-order valence-electron chi connectivity index (χ4n) is 2.61. The van der Waals surface area contributed by atoms with Crippen molar-refractivity contribution in [2.24, 2.45) is 0 Å². The summed E-state index contributed by atoms with van der Waals surface area (Å²) in [5.74, 6) is 0.745. The average molecular weight is 332 g/mol. The van der Waals surface area contributed by atoms with Gasteiger partial charge in [0.05, 0.1) is 16.5 Å². The van der Waals surface area contributed by atoms with Gasteiger partial charge in [-0.3, -0.25) is 4.79 Å². The van der Waals surface area contributed by atoms with Crippen LogP contribution in [0.2, 0.25) is 0 Å². The standard InChI is InChI=1S/C20H13FN2O2/c21-13-10-11-16(18(12-13)25-14-6-2-1-3-7-14)19-22-17-9-5-4-8-15(17)20(24)23-19/h1-12H,(H,22,23,24). The molecule has 0 aliphatic carbocycles. The van der Waals surface area contributed by atoms with Crippen LogP contribution in [-0.4, -0.2) is 9.97 Å². The number of nitrogens with one attached hydrogen (secondary N) is 1. The molecule has 25 heavy (non-hydrogen) atoms. The monoisotopic (exact) mass is 332 g/mol. The topological polar surface area (TPSA) is 55.0 Å². The van der Waals surface area contributed by atoms with Gasteiger partial charge in [0.25, 0.3) is 5.56 Å². The second kappa shape index (κ2) is 6.20. The van der Waals surface area contributed by atoms with Crippen LogP contribution >= 0.6 is 0 Å². The minimum Gasteiger partial charge on any atom is -0.456 e. The van der Waals surface area contributed by atoms with Crippen molar-refractivity contribution in [1.29, 1.82) is 0 Å². The molecule has 0 radical (unpaired) electrons. The van der Waals surface area contributed by atoms with E-state index in [1.54, 1.807) is 36.4 Å². The first-order valence-corrected chi connectivity index (χ1v) is 7.72. The minimum atomic E-state index is -0.433. The molecular weight excluding hydrogens is 319 g/mol. The van der Waals surface area contributed by atoms with Gasteiger partial charge in [0.2, 0.25) is 0 Å². The van der Waals surface area contributed by atoms with E-state index in [1.165, 1.54) is 12.1 Å². The van der Waals surface area contributed by atoms with Gasteiger partial charge >= 0.3 is 0 Å². The highest BCUT2D eigenvalue weighted by molar-refractivity contribution is 5.80. The number of halogens is 1. The van der Waals surface area contributed by atoms with Gasteiger partial charge in [-0.2, -0.15) is 0 Å². The Labute approximate surface area is 142 Å². The van der Waals surface area contributed by atoms with E-state index in [4.69, 9.17) is 4.74 Å². The summed E-state index contributed by atoms with van der Waals surface area (Å²) in [5, 5.41) is 0.499. The first-order chi connectivity index (χ1) is 12.2. The van der Waals surface area contributed by atoms with E-state index in [2.05, 4.69) is 9.97 Å². The zero-order valence-corrected chi connectivity index (χ0v) is 13.1. The molecule has 0 unspecified atom stereocenters. The number of H-pyrrole nitrogens is 1. The van der Waals surface area contributed by atoms with Gasteiger partial charge in [-0.05, 0) is 36.4 Å². The molecule has 0 bridgehead atoms. The van der Waals surface area contributed by atoms with Crippen molar-refractivity contribution in [2.75, 3.05) is 0 Å². The molecule has 5 heteroatoms. The second-order valence-electron chi connectivity index (χ2n) is 5.49. The number of fused-ring (bicyclic) bond motifs is 1. The minimum absolute atomic E-state index is 0.254. The molecule has 4 rings (SSSR count). The van der Waals surface area contributed by atoms with Crippen LogP contribution in [0.4, 0.5) is 4.39 Å². The van der Waals surface area contributed by atoms with Crippen molar-refractivity contribution < 1.29 is 9.13 Å². The van der Waals surface area contributed by atoms with Gasteiger partial charge in [0, 0.05) is 6.07 Å². The Balaban J connectivity index is 1.87. The third-order valence-corrected chi connectivity index (χ3v) is 3.78.